The fourth-order valence-corrected chi connectivity index (χ4v) is 1.07. The van der Waals surface area contributed by atoms with Crippen LogP contribution in [0.4, 0.5) is 0 Å². The number of rotatable bonds is 8. The Balaban J connectivity index is 4.41. The minimum Gasteiger partial charge on any atom is -0.480 e. The molecule has 8 nitrogen and oxygen atoms in total. The van der Waals surface area contributed by atoms with E-state index in [4.69, 9.17) is 15.4 Å². The van der Waals surface area contributed by atoms with E-state index in [2.05, 4.69) is 10.1 Å². The standard InChI is InChI=1S/C10H15N3O5/c1-6(18-2)9(15)13-8(10(16)17)4-3-7(14)5-12-11/h5-6,8H,3-4H2,1-2H3,(H,13,15)(H,16,17)/t6-,8-/m0/s1. The highest BCUT2D eigenvalue weighted by Crippen LogP contribution is 2.00. The molecule has 0 aliphatic heterocycles. The van der Waals surface area contributed by atoms with E-state index in [0.717, 1.165) is 0 Å². The van der Waals surface area contributed by atoms with Gasteiger partial charge in [0.1, 0.15) is 12.1 Å². The first-order valence-electron chi connectivity index (χ1n) is 5.18. The van der Waals surface area contributed by atoms with Gasteiger partial charge >= 0.3 is 12.2 Å². The van der Waals surface area contributed by atoms with Crippen LogP contribution in [0.3, 0.4) is 0 Å². The summed E-state index contributed by atoms with van der Waals surface area (Å²) in [5.74, 6) is -2.36. The lowest BCUT2D eigenvalue weighted by molar-refractivity contribution is -0.143. The first-order chi connectivity index (χ1) is 8.42. The summed E-state index contributed by atoms with van der Waals surface area (Å²) < 4.78 is 4.73. The number of carbonyl (C=O) groups is 3. The Morgan fingerprint density at radius 2 is 2.11 bits per heavy atom. The van der Waals surface area contributed by atoms with Gasteiger partial charge in [0, 0.05) is 13.5 Å². The molecule has 0 aromatic carbocycles. The van der Waals surface area contributed by atoms with Crippen molar-refractivity contribution in [2.24, 2.45) is 0 Å². The van der Waals surface area contributed by atoms with Crippen LogP contribution in [0.2, 0.25) is 0 Å². The molecule has 0 fully saturated rings. The van der Waals surface area contributed by atoms with E-state index in [1.807, 2.05) is 0 Å². The summed E-state index contributed by atoms with van der Waals surface area (Å²) in [5, 5.41) is 11.1. The number of nitrogens with zero attached hydrogens (tertiary/aromatic N) is 2. The number of aliphatic carboxylic acids is 1. The number of Topliss-reactive ketones (excluding diaryl/α,β-unsaturated/α-hetero) is 1. The van der Waals surface area contributed by atoms with Crippen molar-refractivity contribution < 1.29 is 29.0 Å². The summed E-state index contributed by atoms with van der Waals surface area (Å²) in [5.41, 5.74) is 8.11. The van der Waals surface area contributed by atoms with Crippen molar-refractivity contribution >= 4 is 23.9 Å². The van der Waals surface area contributed by atoms with Gasteiger partial charge in [-0.15, -0.1) is 0 Å². The molecule has 0 saturated heterocycles. The van der Waals surface area contributed by atoms with Gasteiger partial charge in [0.15, 0.2) is 0 Å². The van der Waals surface area contributed by atoms with E-state index in [-0.39, 0.29) is 12.8 Å². The van der Waals surface area contributed by atoms with Crippen LogP contribution in [0.5, 0.6) is 0 Å². The van der Waals surface area contributed by atoms with Crippen molar-refractivity contribution in [3.63, 3.8) is 0 Å². The summed E-state index contributed by atoms with van der Waals surface area (Å²) in [7, 11) is 1.32. The molecule has 0 saturated carbocycles. The highest BCUT2D eigenvalue weighted by Gasteiger charge is 2.23. The van der Waals surface area contributed by atoms with Gasteiger partial charge in [-0.3, -0.25) is 9.59 Å². The van der Waals surface area contributed by atoms with Crippen molar-refractivity contribution in [3.8, 4) is 0 Å². The average Bonchev–Trinajstić information content (AvgIpc) is 2.32. The first-order valence-corrected chi connectivity index (χ1v) is 5.18. The van der Waals surface area contributed by atoms with Crippen molar-refractivity contribution in [2.75, 3.05) is 7.11 Å². The molecule has 0 heterocycles. The second-order valence-electron chi connectivity index (χ2n) is 3.53. The van der Waals surface area contributed by atoms with Crippen LogP contribution in [0.1, 0.15) is 19.8 Å². The van der Waals surface area contributed by atoms with Crippen LogP contribution in [-0.4, -0.2) is 53.0 Å². The number of carboxylic acid groups (broad SMARTS) is 1. The van der Waals surface area contributed by atoms with Gasteiger partial charge in [-0.25, -0.2) is 4.79 Å². The van der Waals surface area contributed by atoms with Gasteiger partial charge in [0.25, 0.3) is 0 Å². The zero-order valence-electron chi connectivity index (χ0n) is 10.1. The van der Waals surface area contributed by atoms with E-state index in [9.17, 15) is 14.4 Å². The molecule has 2 atom stereocenters. The smallest absolute Gasteiger partial charge is 0.326 e. The van der Waals surface area contributed by atoms with Crippen LogP contribution in [0.25, 0.3) is 5.53 Å². The fraction of sp³-hybridized carbons (Fsp3) is 0.600. The lowest BCUT2D eigenvalue weighted by Gasteiger charge is -2.16. The van der Waals surface area contributed by atoms with Gasteiger partial charge in [-0.1, -0.05) is 0 Å². The Labute approximate surface area is 104 Å². The monoisotopic (exact) mass is 257 g/mol. The van der Waals surface area contributed by atoms with E-state index >= 15 is 0 Å². The molecule has 0 unspecified atom stereocenters. The van der Waals surface area contributed by atoms with E-state index in [1.54, 1.807) is 0 Å². The Hall–Kier alpha value is -2.05. The largest absolute Gasteiger partial charge is 0.480 e. The van der Waals surface area contributed by atoms with E-state index in [1.165, 1.54) is 14.0 Å². The number of hydrogen-bond acceptors (Lipinski definition) is 4. The van der Waals surface area contributed by atoms with Gasteiger partial charge < -0.3 is 20.7 Å². The van der Waals surface area contributed by atoms with Crippen LogP contribution in [0, 0.1) is 0 Å². The first kappa shape index (κ1) is 16.0. The summed E-state index contributed by atoms with van der Waals surface area (Å²) in [6, 6.07) is -1.19. The minimum atomic E-state index is -1.25. The topological polar surface area (TPSA) is 129 Å². The quantitative estimate of drug-likeness (QED) is 0.335. The molecule has 18 heavy (non-hydrogen) atoms. The molecular formula is C10H15N3O5. The van der Waals surface area contributed by atoms with Crippen molar-refractivity contribution in [3.05, 3.63) is 5.53 Å². The molecule has 0 radical (unpaired) electrons. The highest BCUT2D eigenvalue weighted by molar-refractivity contribution is 6.25. The maximum atomic E-state index is 11.4. The van der Waals surface area contributed by atoms with Crippen molar-refractivity contribution in [1.82, 2.24) is 5.32 Å². The number of nitrogens with one attached hydrogen (secondary N) is 1. The Morgan fingerprint density at radius 3 is 2.56 bits per heavy atom. The summed E-state index contributed by atoms with van der Waals surface area (Å²) in [4.78, 5) is 35.8. The van der Waals surface area contributed by atoms with E-state index < -0.39 is 29.8 Å². The lowest BCUT2D eigenvalue weighted by atomic mass is 10.1. The average molecular weight is 257 g/mol. The summed E-state index contributed by atoms with van der Waals surface area (Å²) >= 11 is 0. The molecule has 2 N–H and O–H groups in total. The number of hydrogen-bond donors (Lipinski definition) is 2. The third-order valence-corrected chi connectivity index (χ3v) is 2.22. The second-order valence-corrected chi connectivity index (χ2v) is 3.53. The van der Waals surface area contributed by atoms with Gasteiger partial charge in [-0.2, -0.15) is 4.79 Å². The number of ketones is 1. The number of carbonyl (C=O) groups excluding carboxylic acids is 2. The molecule has 100 valence electrons. The zero-order valence-corrected chi connectivity index (χ0v) is 10.1. The molecule has 0 rings (SSSR count). The summed E-state index contributed by atoms with van der Waals surface area (Å²) in [6.07, 6.45) is -0.342. The predicted octanol–water partition coefficient (Wildman–Crippen LogP) is -0.759. The number of ether oxygens (including phenoxy) is 1. The number of methoxy groups -OCH3 is 1. The van der Waals surface area contributed by atoms with Crippen molar-refractivity contribution in [2.45, 2.75) is 31.9 Å². The molecule has 8 heteroatoms. The maximum Gasteiger partial charge on any atom is 0.326 e. The normalized spacial score (nSPS) is 13.0. The lowest BCUT2D eigenvalue weighted by Crippen LogP contribution is -2.45. The van der Waals surface area contributed by atoms with Crippen LogP contribution in [-0.2, 0) is 19.1 Å². The van der Waals surface area contributed by atoms with Gasteiger partial charge in [0.2, 0.25) is 11.7 Å². The van der Waals surface area contributed by atoms with Crippen LogP contribution >= 0.6 is 0 Å². The molecule has 0 aliphatic carbocycles. The predicted molar refractivity (Wildman–Crippen MR) is 60.0 cm³/mol. The molecule has 0 bridgehead atoms. The molecule has 0 aliphatic rings. The fourth-order valence-electron chi connectivity index (χ4n) is 1.07. The molecule has 0 aromatic heterocycles. The van der Waals surface area contributed by atoms with Gasteiger partial charge in [-0.05, 0) is 13.3 Å². The Bertz CT molecular complexity index is 376. The second kappa shape index (κ2) is 8.10. The van der Waals surface area contributed by atoms with E-state index in [0.29, 0.717) is 6.21 Å². The highest BCUT2D eigenvalue weighted by atomic mass is 16.5. The number of amides is 1. The summed E-state index contributed by atoms with van der Waals surface area (Å²) in [6.45, 7) is 1.47. The Morgan fingerprint density at radius 1 is 1.50 bits per heavy atom. The van der Waals surface area contributed by atoms with Crippen molar-refractivity contribution in [1.29, 1.82) is 0 Å². The zero-order chi connectivity index (χ0) is 14.1. The molecular weight excluding hydrogens is 242 g/mol. The molecule has 0 spiro atoms. The maximum absolute atomic E-state index is 11.4. The Kier molecular flexibility index (Phi) is 7.18. The van der Waals surface area contributed by atoms with Crippen LogP contribution in [0.15, 0.2) is 0 Å². The molecule has 0 aromatic rings. The minimum absolute atomic E-state index is 0.0949. The van der Waals surface area contributed by atoms with Gasteiger partial charge in [0.05, 0.1) is 0 Å². The number of carboxylic acids is 1. The van der Waals surface area contributed by atoms with Crippen LogP contribution < -0.4 is 5.32 Å². The third-order valence-electron chi connectivity index (χ3n) is 2.22. The third kappa shape index (κ3) is 5.88. The SMILES string of the molecule is CO[C@@H](C)C(=O)N[C@@H](CCC(=O)C=[N+]=[N-])C(=O)O. The molecule has 1 amide bonds.